The predicted molar refractivity (Wildman–Crippen MR) is 113 cm³/mol. The summed E-state index contributed by atoms with van der Waals surface area (Å²) in [4.78, 5) is 32.3. The van der Waals surface area contributed by atoms with Gasteiger partial charge in [-0.15, -0.1) is 0 Å². The molecule has 154 valence electrons. The van der Waals surface area contributed by atoms with E-state index in [-0.39, 0.29) is 22.7 Å². The number of rotatable bonds is 4. The van der Waals surface area contributed by atoms with E-state index in [1.165, 1.54) is 14.0 Å². The number of nitrogens with one attached hydrogen (secondary N) is 1. The fraction of sp³-hybridized carbons (Fsp3) is 0.136. The van der Waals surface area contributed by atoms with Crippen LogP contribution < -0.4 is 5.56 Å². The number of imidazole rings is 1. The number of para-hydroxylation sites is 2. The first-order valence-corrected chi connectivity index (χ1v) is 9.36. The van der Waals surface area contributed by atoms with Crippen molar-refractivity contribution in [3.8, 4) is 6.07 Å². The highest BCUT2D eigenvalue weighted by Gasteiger charge is 2.24. The second-order valence-corrected chi connectivity index (χ2v) is 6.85. The number of allylic oxidation sites excluding steroid dienone is 1. The van der Waals surface area contributed by atoms with Crippen LogP contribution in [0.2, 0.25) is 0 Å². The summed E-state index contributed by atoms with van der Waals surface area (Å²) in [5, 5.41) is 24.8. The number of aliphatic hydroxyl groups excluding tert-OH is 1. The van der Waals surface area contributed by atoms with Crippen LogP contribution in [0.15, 0.2) is 59.1 Å². The van der Waals surface area contributed by atoms with Crippen molar-refractivity contribution in [1.29, 1.82) is 5.26 Å². The summed E-state index contributed by atoms with van der Waals surface area (Å²) in [6.07, 6.45) is -1.16. The molecule has 0 aliphatic rings. The van der Waals surface area contributed by atoms with E-state index in [4.69, 9.17) is 4.74 Å². The molecular formula is C22H17N5O4. The van der Waals surface area contributed by atoms with E-state index in [2.05, 4.69) is 15.1 Å². The summed E-state index contributed by atoms with van der Waals surface area (Å²) >= 11 is 0. The molecule has 0 aliphatic carbocycles. The second kappa shape index (κ2) is 7.76. The van der Waals surface area contributed by atoms with Gasteiger partial charge in [-0.25, -0.2) is 14.5 Å². The zero-order valence-corrected chi connectivity index (χ0v) is 16.7. The Hall–Kier alpha value is -4.45. The van der Waals surface area contributed by atoms with Gasteiger partial charge in [0.2, 0.25) is 0 Å². The topological polar surface area (TPSA) is 134 Å². The number of hydrogen-bond donors (Lipinski definition) is 2. The lowest BCUT2D eigenvalue weighted by Gasteiger charge is -2.14. The van der Waals surface area contributed by atoms with Crippen LogP contribution in [0.4, 0.5) is 0 Å². The Kier molecular flexibility index (Phi) is 4.97. The van der Waals surface area contributed by atoms with Gasteiger partial charge in [-0.3, -0.25) is 4.79 Å². The van der Waals surface area contributed by atoms with Crippen LogP contribution in [-0.4, -0.2) is 36.9 Å². The average molecular weight is 415 g/mol. The molecular weight excluding hydrogens is 398 g/mol. The molecule has 0 radical (unpaired) electrons. The van der Waals surface area contributed by atoms with E-state index in [1.807, 2.05) is 12.1 Å². The van der Waals surface area contributed by atoms with Gasteiger partial charge in [0.1, 0.15) is 11.6 Å². The molecule has 2 heterocycles. The van der Waals surface area contributed by atoms with E-state index < -0.39 is 17.8 Å². The van der Waals surface area contributed by atoms with Crippen molar-refractivity contribution in [1.82, 2.24) is 19.7 Å². The summed E-state index contributed by atoms with van der Waals surface area (Å²) in [5.74, 6) is -1.13. The molecule has 0 saturated carbocycles. The number of aromatic amines is 1. The highest BCUT2D eigenvalue weighted by atomic mass is 16.6. The quantitative estimate of drug-likeness (QED) is 0.297. The summed E-state index contributed by atoms with van der Waals surface area (Å²) in [5.41, 5.74) is 0.765. The Morgan fingerprint density at radius 1 is 1.19 bits per heavy atom. The molecule has 4 aromatic rings. The lowest BCUT2D eigenvalue weighted by atomic mass is 10.1. The van der Waals surface area contributed by atoms with Crippen molar-refractivity contribution in [3.63, 3.8) is 0 Å². The smallest absolute Gasteiger partial charge is 0.360 e. The number of aliphatic hydroxyl groups is 1. The fourth-order valence-electron chi connectivity index (χ4n) is 3.23. The van der Waals surface area contributed by atoms with Crippen molar-refractivity contribution in [2.45, 2.75) is 13.0 Å². The Labute approximate surface area is 175 Å². The number of benzene rings is 2. The maximum Gasteiger partial charge on any atom is 0.360 e. The van der Waals surface area contributed by atoms with Gasteiger partial charge in [-0.05, 0) is 25.1 Å². The highest BCUT2D eigenvalue weighted by Crippen LogP contribution is 2.22. The van der Waals surface area contributed by atoms with Crippen LogP contribution in [0.5, 0.6) is 0 Å². The van der Waals surface area contributed by atoms with Gasteiger partial charge in [-0.2, -0.15) is 10.4 Å². The number of nitriles is 1. The van der Waals surface area contributed by atoms with Crippen molar-refractivity contribution in [2.75, 3.05) is 0 Å². The number of nitrogens with zero attached hydrogens (tertiary/aromatic N) is 4. The molecule has 0 spiro atoms. The van der Waals surface area contributed by atoms with E-state index in [0.29, 0.717) is 21.8 Å². The maximum atomic E-state index is 12.8. The second-order valence-electron chi connectivity index (χ2n) is 6.85. The van der Waals surface area contributed by atoms with Gasteiger partial charge in [0.05, 0.1) is 16.4 Å². The predicted octanol–water partition coefficient (Wildman–Crippen LogP) is 2.85. The summed E-state index contributed by atoms with van der Waals surface area (Å²) in [7, 11) is 1.43. The molecule has 31 heavy (non-hydrogen) atoms. The third-order valence-electron chi connectivity index (χ3n) is 4.81. The molecule has 0 amide bonds. The summed E-state index contributed by atoms with van der Waals surface area (Å²) < 4.78 is 6.41. The lowest BCUT2D eigenvalue weighted by Crippen LogP contribution is -2.26. The number of aryl methyl sites for hydroxylation is 1. The first-order valence-electron chi connectivity index (χ1n) is 9.36. The Morgan fingerprint density at radius 2 is 1.87 bits per heavy atom. The minimum atomic E-state index is -1.16. The fourth-order valence-corrected chi connectivity index (χ4v) is 3.23. The standard InChI is InChI=1S/C22H17N5O4/c1-12(19(28)15(11-23)20-24-16-9-5-6-10-17(16)25-20)31-22(30)18-13-7-3-4-8-14(13)21(29)27(2)26-18/h3-10,12,28H,1-2H3,(H,24,25)/b19-15-/t12-/m0/s1. The van der Waals surface area contributed by atoms with Crippen LogP contribution in [-0.2, 0) is 11.8 Å². The monoisotopic (exact) mass is 415 g/mol. The molecule has 9 heteroatoms. The molecule has 2 aromatic heterocycles. The molecule has 0 unspecified atom stereocenters. The van der Waals surface area contributed by atoms with E-state index in [9.17, 15) is 20.0 Å². The number of H-pyrrole nitrogens is 1. The number of esters is 1. The first kappa shape index (κ1) is 19.8. The number of aromatic nitrogens is 4. The number of carbonyl (C=O) groups is 1. The third-order valence-corrected chi connectivity index (χ3v) is 4.81. The minimum Gasteiger partial charge on any atom is -0.507 e. The lowest BCUT2D eigenvalue weighted by molar-refractivity contribution is 0.0327. The Balaban J connectivity index is 1.68. The zero-order chi connectivity index (χ0) is 22.1. The number of hydrogen-bond acceptors (Lipinski definition) is 7. The van der Waals surface area contributed by atoms with E-state index in [1.54, 1.807) is 42.5 Å². The van der Waals surface area contributed by atoms with E-state index >= 15 is 0 Å². The Bertz CT molecular complexity index is 1430. The molecule has 2 aromatic carbocycles. The normalized spacial score (nSPS) is 12.9. The van der Waals surface area contributed by atoms with Crippen LogP contribution >= 0.6 is 0 Å². The van der Waals surface area contributed by atoms with E-state index in [0.717, 1.165) is 4.68 Å². The molecule has 0 aliphatic heterocycles. The molecule has 9 nitrogen and oxygen atoms in total. The Morgan fingerprint density at radius 3 is 2.58 bits per heavy atom. The number of ether oxygens (including phenoxy) is 1. The van der Waals surface area contributed by atoms with Gasteiger partial charge in [0.25, 0.3) is 5.56 Å². The molecule has 1 atom stereocenters. The van der Waals surface area contributed by atoms with Gasteiger partial charge >= 0.3 is 5.97 Å². The first-order chi connectivity index (χ1) is 14.9. The third kappa shape index (κ3) is 3.51. The van der Waals surface area contributed by atoms with Gasteiger partial charge in [0, 0.05) is 12.4 Å². The number of carbonyl (C=O) groups excluding carboxylic acids is 1. The van der Waals surface area contributed by atoms with Crippen LogP contribution in [0.3, 0.4) is 0 Å². The van der Waals surface area contributed by atoms with Crippen LogP contribution in [0, 0.1) is 11.3 Å². The van der Waals surface area contributed by atoms with Crippen molar-refractivity contribution >= 4 is 33.3 Å². The zero-order valence-electron chi connectivity index (χ0n) is 16.7. The van der Waals surface area contributed by atoms with Crippen molar-refractivity contribution in [2.24, 2.45) is 7.05 Å². The average Bonchev–Trinajstić information content (AvgIpc) is 3.20. The molecule has 2 N–H and O–H groups in total. The van der Waals surface area contributed by atoms with Gasteiger partial charge in [0.15, 0.2) is 23.4 Å². The molecule has 4 rings (SSSR count). The van der Waals surface area contributed by atoms with Crippen LogP contribution in [0.1, 0.15) is 23.2 Å². The van der Waals surface area contributed by atoms with Gasteiger partial charge in [-0.1, -0.05) is 30.3 Å². The molecule has 0 fully saturated rings. The van der Waals surface area contributed by atoms with Crippen LogP contribution in [0.25, 0.3) is 27.4 Å². The largest absolute Gasteiger partial charge is 0.507 e. The minimum absolute atomic E-state index is 0.0698. The molecule has 0 bridgehead atoms. The SMILES string of the molecule is C[C@H](OC(=O)c1nn(C)c(=O)c2ccccc12)/C(O)=C(\C#N)c1nc2ccccc2[nH]1. The van der Waals surface area contributed by atoms with Gasteiger partial charge < -0.3 is 14.8 Å². The maximum absolute atomic E-state index is 12.8. The molecule has 0 saturated heterocycles. The number of fused-ring (bicyclic) bond motifs is 2. The highest BCUT2D eigenvalue weighted by molar-refractivity contribution is 6.02. The van der Waals surface area contributed by atoms with Crippen molar-refractivity contribution in [3.05, 3.63) is 76.2 Å². The summed E-state index contributed by atoms with van der Waals surface area (Å²) in [6.45, 7) is 1.43. The van der Waals surface area contributed by atoms with Crippen molar-refractivity contribution < 1.29 is 14.6 Å². The summed E-state index contributed by atoms with van der Waals surface area (Å²) in [6, 6.07) is 15.6.